The van der Waals surface area contributed by atoms with E-state index in [1.807, 2.05) is 31.2 Å². The van der Waals surface area contributed by atoms with Crippen LogP contribution in [0.2, 0.25) is 0 Å². The summed E-state index contributed by atoms with van der Waals surface area (Å²) in [6.07, 6.45) is 5.00. The lowest BCUT2D eigenvalue weighted by Gasteiger charge is -2.12. The molecule has 0 unspecified atom stereocenters. The molecule has 0 aliphatic carbocycles. The Morgan fingerprint density at radius 1 is 1.13 bits per heavy atom. The molecule has 0 heterocycles. The van der Waals surface area contributed by atoms with E-state index in [1.54, 1.807) is 0 Å². The van der Waals surface area contributed by atoms with Crippen LogP contribution < -0.4 is 10.5 Å². The van der Waals surface area contributed by atoms with Gasteiger partial charge in [0.25, 0.3) is 0 Å². The number of carboxylic acid groups (broad SMARTS) is 1. The van der Waals surface area contributed by atoms with Crippen molar-refractivity contribution >= 4 is 11.9 Å². The van der Waals surface area contributed by atoms with Crippen LogP contribution in [0.5, 0.6) is 5.75 Å². The first-order valence-corrected chi connectivity index (χ1v) is 8.19. The molecule has 0 fully saturated rings. The van der Waals surface area contributed by atoms with Gasteiger partial charge in [-0.05, 0) is 49.3 Å². The number of aliphatic carboxylic acids is 1. The molecule has 0 spiro atoms. The second kappa shape index (κ2) is 10.6. The number of benzene rings is 1. The molecule has 0 aliphatic heterocycles. The van der Waals surface area contributed by atoms with E-state index in [4.69, 9.17) is 15.6 Å². The first kappa shape index (κ1) is 19.0. The van der Waals surface area contributed by atoms with Crippen molar-refractivity contribution in [2.45, 2.75) is 51.9 Å². The molecule has 0 saturated heterocycles. The Hall–Kier alpha value is -2.04. The molecule has 0 aliphatic rings. The van der Waals surface area contributed by atoms with Gasteiger partial charge in [0.1, 0.15) is 5.75 Å². The Kier molecular flexibility index (Phi) is 8.80. The molecule has 0 bridgehead atoms. The molecule has 5 heteroatoms. The van der Waals surface area contributed by atoms with Crippen molar-refractivity contribution in [1.29, 1.82) is 0 Å². The zero-order valence-electron chi connectivity index (χ0n) is 13.8. The maximum atomic E-state index is 10.7. The summed E-state index contributed by atoms with van der Waals surface area (Å²) in [5.74, 6) is 0.114. The number of hydrogen-bond donors (Lipinski definition) is 2. The van der Waals surface area contributed by atoms with Gasteiger partial charge in [0.05, 0.1) is 6.61 Å². The second-order valence-electron chi connectivity index (χ2n) is 6.02. The molecule has 0 saturated carbocycles. The molecule has 5 nitrogen and oxygen atoms in total. The van der Waals surface area contributed by atoms with Gasteiger partial charge >= 0.3 is 5.97 Å². The molecule has 1 amide bonds. The number of primary amides is 1. The highest BCUT2D eigenvalue weighted by Crippen LogP contribution is 2.16. The van der Waals surface area contributed by atoms with Crippen LogP contribution >= 0.6 is 0 Å². The summed E-state index contributed by atoms with van der Waals surface area (Å²) < 4.78 is 5.71. The zero-order valence-corrected chi connectivity index (χ0v) is 13.8. The Morgan fingerprint density at radius 2 is 1.83 bits per heavy atom. The van der Waals surface area contributed by atoms with Crippen molar-refractivity contribution in [2.75, 3.05) is 6.61 Å². The maximum Gasteiger partial charge on any atom is 0.303 e. The van der Waals surface area contributed by atoms with Crippen LogP contribution in [0.15, 0.2) is 24.3 Å². The number of nitrogens with two attached hydrogens (primary N) is 1. The van der Waals surface area contributed by atoms with E-state index in [0.717, 1.165) is 37.9 Å². The number of unbranched alkanes of at least 4 members (excludes halogenated alkanes) is 2. The van der Waals surface area contributed by atoms with Gasteiger partial charge in [0.15, 0.2) is 0 Å². The predicted molar refractivity (Wildman–Crippen MR) is 89.3 cm³/mol. The fourth-order valence-electron chi connectivity index (χ4n) is 2.24. The number of carboxylic acids is 1. The fraction of sp³-hybridized carbons (Fsp3) is 0.556. The van der Waals surface area contributed by atoms with Crippen molar-refractivity contribution in [3.8, 4) is 5.75 Å². The number of ether oxygens (including phenoxy) is 1. The standard InChI is InChI=1S/C18H27NO4/c1-14(7-12-17(19)20)13-23-16-10-8-15(9-11-16)5-3-2-4-6-18(21)22/h8-11,14H,2-7,12-13H2,1H3,(H2,19,20)(H,21,22)/t14-/m0/s1. The van der Waals surface area contributed by atoms with Gasteiger partial charge in [0, 0.05) is 12.8 Å². The topological polar surface area (TPSA) is 89.6 Å². The van der Waals surface area contributed by atoms with E-state index in [9.17, 15) is 9.59 Å². The minimum Gasteiger partial charge on any atom is -0.493 e. The summed E-state index contributed by atoms with van der Waals surface area (Å²) in [4.78, 5) is 21.1. The normalized spacial score (nSPS) is 11.9. The molecular formula is C18H27NO4. The van der Waals surface area contributed by atoms with Gasteiger partial charge in [-0.15, -0.1) is 0 Å². The SMILES string of the molecule is C[C@@H](CCC(N)=O)COc1ccc(CCCCCC(=O)O)cc1. The van der Waals surface area contributed by atoms with E-state index in [0.29, 0.717) is 13.0 Å². The molecule has 0 radical (unpaired) electrons. The lowest BCUT2D eigenvalue weighted by molar-refractivity contribution is -0.137. The second-order valence-corrected chi connectivity index (χ2v) is 6.02. The number of amides is 1. The average molecular weight is 321 g/mol. The van der Waals surface area contributed by atoms with E-state index in [1.165, 1.54) is 5.56 Å². The molecule has 128 valence electrons. The van der Waals surface area contributed by atoms with E-state index < -0.39 is 5.97 Å². The first-order chi connectivity index (χ1) is 11.0. The highest BCUT2D eigenvalue weighted by molar-refractivity contribution is 5.73. The Bertz CT molecular complexity index is 484. The van der Waals surface area contributed by atoms with Gasteiger partial charge in [-0.2, -0.15) is 0 Å². The quantitative estimate of drug-likeness (QED) is 0.579. The Morgan fingerprint density at radius 3 is 2.43 bits per heavy atom. The summed E-state index contributed by atoms with van der Waals surface area (Å²) in [6.45, 7) is 2.61. The molecule has 23 heavy (non-hydrogen) atoms. The average Bonchev–Trinajstić information content (AvgIpc) is 2.51. The summed E-state index contributed by atoms with van der Waals surface area (Å²) in [7, 11) is 0. The smallest absolute Gasteiger partial charge is 0.303 e. The Balaban J connectivity index is 2.22. The molecule has 1 atom stereocenters. The van der Waals surface area contributed by atoms with Crippen molar-refractivity contribution in [2.24, 2.45) is 11.7 Å². The minimum atomic E-state index is -0.725. The van der Waals surface area contributed by atoms with Crippen molar-refractivity contribution in [3.63, 3.8) is 0 Å². The number of rotatable bonds is 12. The number of carbonyl (C=O) groups is 2. The third-order valence-corrected chi connectivity index (χ3v) is 3.70. The van der Waals surface area contributed by atoms with Gasteiger partial charge in [-0.3, -0.25) is 9.59 Å². The first-order valence-electron chi connectivity index (χ1n) is 8.19. The van der Waals surface area contributed by atoms with Gasteiger partial charge in [0.2, 0.25) is 5.91 Å². The predicted octanol–water partition coefficient (Wildman–Crippen LogP) is 3.15. The molecule has 1 aromatic carbocycles. The number of hydrogen-bond acceptors (Lipinski definition) is 3. The van der Waals surface area contributed by atoms with E-state index >= 15 is 0 Å². The van der Waals surface area contributed by atoms with Gasteiger partial charge in [-0.1, -0.05) is 25.5 Å². The third kappa shape index (κ3) is 9.55. The van der Waals surface area contributed by atoms with Crippen LogP contribution in [0.3, 0.4) is 0 Å². The van der Waals surface area contributed by atoms with Crippen molar-refractivity contribution < 1.29 is 19.4 Å². The van der Waals surface area contributed by atoms with Crippen LogP contribution in [0.25, 0.3) is 0 Å². The zero-order chi connectivity index (χ0) is 17.1. The van der Waals surface area contributed by atoms with Crippen LogP contribution in [0.1, 0.15) is 51.0 Å². The monoisotopic (exact) mass is 321 g/mol. The molecular weight excluding hydrogens is 294 g/mol. The van der Waals surface area contributed by atoms with Crippen LogP contribution in [-0.2, 0) is 16.0 Å². The molecule has 1 rings (SSSR count). The van der Waals surface area contributed by atoms with Crippen molar-refractivity contribution in [1.82, 2.24) is 0 Å². The highest BCUT2D eigenvalue weighted by Gasteiger charge is 2.06. The summed E-state index contributed by atoms with van der Waals surface area (Å²) >= 11 is 0. The van der Waals surface area contributed by atoms with Gasteiger partial charge in [-0.25, -0.2) is 0 Å². The molecule has 3 N–H and O–H groups in total. The molecule has 0 aromatic heterocycles. The van der Waals surface area contributed by atoms with E-state index in [-0.39, 0.29) is 18.2 Å². The van der Waals surface area contributed by atoms with Gasteiger partial charge < -0.3 is 15.6 Å². The summed E-state index contributed by atoms with van der Waals surface area (Å²) in [6, 6.07) is 7.99. The Labute approximate surface area is 137 Å². The summed E-state index contributed by atoms with van der Waals surface area (Å²) in [5, 5.41) is 8.57. The lowest BCUT2D eigenvalue weighted by Crippen LogP contribution is -2.15. The maximum absolute atomic E-state index is 10.7. The lowest BCUT2D eigenvalue weighted by atomic mass is 10.1. The van der Waals surface area contributed by atoms with Crippen LogP contribution in [0, 0.1) is 5.92 Å². The summed E-state index contributed by atoms with van der Waals surface area (Å²) in [5.41, 5.74) is 6.36. The van der Waals surface area contributed by atoms with Crippen LogP contribution in [0.4, 0.5) is 0 Å². The number of carbonyl (C=O) groups excluding carboxylic acids is 1. The third-order valence-electron chi connectivity index (χ3n) is 3.70. The highest BCUT2D eigenvalue weighted by atomic mass is 16.5. The minimum absolute atomic E-state index is 0.251. The van der Waals surface area contributed by atoms with Crippen molar-refractivity contribution in [3.05, 3.63) is 29.8 Å². The fourth-order valence-corrected chi connectivity index (χ4v) is 2.24. The molecule has 1 aromatic rings. The number of aryl methyl sites for hydroxylation is 1. The largest absolute Gasteiger partial charge is 0.493 e. The van der Waals surface area contributed by atoms with E-state index in [2.05, 4.69) is 0 Å². The van der Waals surface area contributed by atoms with Crippen LogP contribution in [-0.4, -0.2) is 23.6 Å².